The summed E-state index contributed by atoms with van der Waals surface area (Å²) in [4.78, 5) is 15.6. The molecule has 0 spiro atoms. The fourth-order valence-electron chi connectivity index (χ4n) is 2.06. The minimum Gasteiger partial charge on any atom is -0.370 e. The number of hydrogen-bond acceptors (Lipinski definition) is 5. The molecular formula is C14H21ClN4O2Si. The molecule has 2 aromatic rings. The third-order valence-electron chi connectivity index (χ3n) is 3.27. The van der Waals surface area contributed by atoms with Crippen molar-refractivity contribution in [2.24, 2.45) is 0 Å². The molecule has 0 aromatic carbocycles. The summed E-state index contributed by atoms with van der Waals surface area (Å²) in [5.74, 6) is 0.578. The van der Waals surface area contributed by atoms with Gasteiger partial charge in [0.1, 0.15) is 22.9 Å². The molecule has 0 saturated heterocycles. The number of rotatable bonds is 7. The molecule has 0 aliphatic rings. The molecule has 0 fully saturated rings. The minimum absolute atomic E-state index is 0.269. The van der Waals surface area contributed by atoms with Crippen LogP contribution in [0, 0.1) is 0 Å². The first kappa shape index (κ1) is 16.9. The first-order chi connectivity index (χ1) is 10.4. The van der Waals surface area contributed by atoms with Crippen LogP contribution in [0.1, 0.15) is 10.4 Å². The average Bonchev–Trinajstić information content (AvgIpc) is 2.79. The van der Waals surface area contributed by atoms with Crippen LogP contribution in [-0.2, 0) is 11.5 Å². The highest BCUT2D eigenvalue weighted by molar-refractivity contribution is 6.76. The van der Waals surface area contributed by atoms with Crippen LogP contribution >= 0.6 is 11.6 Å². The van der Waals surface area contributed by atoms with E-state index in [0.29, 0.717) is 29.0 Å². The summed E-state index contributed by atoms with van der Waals surface area (Å²) in [7, 11) is 0.622. The second-order valence-electron chi connectivity index (χ2n) is 6.30. The van der Waals surface area contributed by atoms with Gasteiger partial charge in [0.15, 0.2) is 12.1 Å². The second kappa shape index (κ2) is 6.76. The Morgan fingerprint density at radius 2 is 2.18 bits per heavy atom. The van der Waals surface area contributed by atoms with Crippen molar-refractivity contribution in [1.29, 1.82) is 0 Å². The van der Waals surface area contributed by atoms with Crippen LogP contribution in [-0.4, -0.2) is 42.8 Å². The molecule has 2 aromatic heterocycles. The predicted octanol–water partition coefficient (Wildman–Crippen LogP) is 3.25. The van der Waals surface area contributed by atoms with E-state index < -0.39 is 8.07 Å². The summed E-state index contributed by atoms with van der Waals surface area (Å²) in [6.07, 6.45) is 0.760. The van der Waals surface area contributed by atoms with Crippen molar-refractivity contribution in [2.75, 3.05) is 19.0 Å². The van der Waals surface area contributed by atoms with Crippen LogP contribution in [0.25, 0.3) is 11.0 Å². The number of aromatic nitrogens is 3. The summed E-state index contributed by atoms with van der Waals surface area (Å²) in [6.45, 7) is 7.87. The number of fused-ring (bicyclic) bond motifs is 1. The van der Waals surface area contributed by atoms with E-state index in [1.54, 1.807) is 11.7 Å². The lowest BCUT2D eigenvalue weighted by molar-refractivity contribution is 0.0817. The zero-order valence-corrected chi connectivity index (χ0v) is 15.1. The molecule has 0 bridgehead atoms. The maximum atomic E-state index is 11.3. The molecular weight excluding hydrogens is 320 g/mol. The van der Waals surface area contributed by atoms with Crippen molar-refractivity contribution in [3.8, 4) is 0 Å². The van der Waals surface area contributed by atoms with Gasteiger partial charge in [0, 0.05) is 27.3 Å². The molecule has 22 heavy (non-hydrogen) atoms. The van der Waals surface area contributed by atoms with Gasteiger partial charge in [-0.25, -0.2) is 9.67 Å². The molecule has 0 aliphatic carbocycles. The quantitative estimate of drug-likeness (QED) is 0.362. The highest BCUT2D eigenvalue weighted by Crippen LogP contribution is 2.26. The predicted molar refractivity (Wildman–Crippen MR) is 91.6 cm³/mol. The van der Waals surface area contributed by atoms with Crippen LogP contribution in [0.15, 0.2) is 6.07 Å². The third kappa shape index (κ3) is 3.85. The van der Waals surface area contributed by atoms with Crippen LogP contribution in [0.2, 0.25) is 30.8 Å². The molecule has 0 radical (unpaired) electrons. The number of aldehydes is 1. The van der Waals surface area contributed by atoms with Crippen molar-refractivity contribution in [1.82, 2.24) is 14.8 Å². The van der Waals surface area contributed by atoms with Crippen molar-refractivity contribution in [3.05, 3.63) is 16.8 Å². The maximum absolute atomic E-state index is 11.3. The Balaban J connectivity index is 2.28. The standard InChI is InChI=1S/C14H21ClN4O2Si/c1-16-14-12-13(10(8-20)7-11(15)17-12)19(18-14)9-21-5-6-22(2,3)4/h7-8H,5-6,9H2,1-4H3,(H,16,18). The molecule has 0 atom stereocenters. The summed E-state index contributed by atoms with van der Waals surface area (Å²) in [5, 5.41) is 7.64. The number of pyridine rings is 1. The topological polar surface area (TPSA) is 69.0 Å². The van der Waals surface area contributed by atoms with Gasteiger partial charge in [0.25, 0.3) is 0 Å². The lowest BCUT2D eigenvalue weighted by Crippen LogP contribution is -2.22. The van der Waals surface area contributed by atoms with Crippen LogP contribution in [0.3, 0.4) is 0 Å². The Kier molecular flexibility index (Phi) is 5.20. The summed E-state index contributed by atoms with van der Waals surface area (Å²) in [6, 6.07) is 2.62. The SMILES string of the molecule is CNc1nn(COCC[Si](C)(C)C)c2c(C=O)cc(Cl)nc12. The Morgan fingerprint density at radius 3 is 2.77 bits per heavy atom. The lowest BCUT2D eigenvalue weighted by atomic mass is 10.2. The van der Waals surface area contributed by atoms with Crippen LogP contribution in [0.4, 0.5) is 5.82 Å². The van der Waals surface area contributed by atoms with E-state index in [4.69, 9.17) is 16.3 Å². The zero-order valence-electron chi connectivity index (χ0n) is 13.3. The number of carbonyl (C=O) groups is 1. The van der Waals surface area contributed by atoms with E-state index in [0.717, 1.165) is 12.3 Å². The lowest BCUT2D eigenvalue weighted by Gasteiger charge is -2.15. The van der Waals surface area contributed by atoms with Crippen molar-refractivity contribution < 1.29 is 9.53 Å². The van der Waals surface area contributed by atoms with Gasteiger partial charge in [-0.05, 0) is 12.1 Å². The fourth-order valence-corrected chi connectivity index (χ4v) is 3.02. The number of halogens is 1. The third-order valence-corrected chi connectivity index (χ3v) is 5.17. The maximum Gasteiger partial charge on any atom is 0.174 e. The molecule has 0 amide bonds. The van der Waals surface area contributed by atoms with Gasteiger partial charge in [-0.15, -0.1) is 0 Å². The minimum atomic E-state index is -1.13. The summed E-state index contributed by atoms with van der Waals surface area (Å²) < 4.78 is 7.37. The van der Waals surface area contributed by atoms with Gasteiger partial charge in [0.2, 0.25) is 0 Å². The van der Waals surface area contributed by atoms with Gasteiger partial charge in [-0.1, -0.05) is 31.2 Å². The van der Waals surface area contributed by atoms with Gasteiger partial charge < -0.3 is 10.1 Å². The van der Waals surface area contributed by atoms with E-state index in [2.05, 4.69) is 35.0 Å². The monoisotopic (exact) mass is 340 g/mol. The first-order valence-electron chi connectivity index (χ1n) is 7.13. The number of hydrogen-bond donors (Lipinski definition) is 1. The largest absolute Gasteiger partial charge is 0.370 e. The van der Waals surface area contributed by atoms with Crippen molar-refractivity contribution >= 4 is 42.8 Å². The fraction of sp³-hybridized carbons (Fsp3) is 0.500. The highest BCUT2D eigenvalue weighted by Gasteiger charge is 2.17. The van der Waals surface area contributed by atoms with Gasteiger partial charge >= 0.3 is 0 Å². The van der Waals surface area contributed by atoms with Crippen molar-refractivity contribution in [2.45, 2.75) is 32.4 Å². The number of ether oxygens (including phenoxy) is 1. The summed E-state index contributed by atoms with van der Waals surface area (Å²) >= 11 is 5.96. The van der Waals surface area contributed by atoms with Gasteiger partial charge in [-0.2, -0.15) is 5.10 Å². The number of carbonyl (C=O) groups excluding carboxylic acids is 1. The molecule has 0 unspecified atom stereocenters. The van der Waals surface area contributed by atoms with Crippen molar-refractivity contribution in [3.63, 3.8) is 0 Å². The molecule has 8 heteroatoms. The molecule has 0 aliphatic heterocycles. The molecule has 2 rings (SSSR count). The van der Waals surface area contributed by atoms with Gasteiger partial charge in [0.05, 0.1) is 0 Å². The number of nitrogens with one attached hydrogen (secondary N) is 1. The van der Waals surface area contributed by atoms with E-state index in [1.165, 1.54) is 6.07 Å². The Morgan fingerprint density at radius 1 is 1.45 bits per heavy atom. The van der Waals surface area contributed by atoms with Crippen LogP contribution in [0.5, 0.6) is 0 Å². The van der Waals surface area contributed by atoms with E-state index in [9.17, 15) is 4.79 Å². The Hall–Kier alpha value is -1.44. The second-order valence-corrected chi connectivity index (χ2v) is 12.3. The van der Waals surface area contributed by atoms with E-state index >= 15 is 0 Å². The smallest absolute Gasteiger partial charge is 0.174 e. The van der Waals surface area contributed by atoms with Gasteiger partial charge in [-0.3, -0.25) is 4.79 Å². The molecule has 1 N–H and O–H groups in total. The normalized spacial score (nSPS) is 11.9. The number of nitrogens with zero attached hydrogens (tertiary/aromatic N) is 3. The molecule has 2 heterocycles. The average molecular weight is 341 g/mol. The molecule has 120 valence electrons. The Labute approximate surface area is 135 Å². The van der Waals surface area contributed by atoms with Crippen LogP contribution < -0.4 is 5.32 Å². The van der Waals surface area contributed by atoms with E-state index in [-0.39, 0.29) is 11.9 Å². The molecule has 6 nitrogen and oxygen atoms in total. The summed E-state index contributed by atoms with van der Waals surface area (Å²) in [5.41, 5.74) is 1.67. The van der Waals surface area contributed by atoms with E-state index in [1.807, 2.05) is 0 Å². The highest BCUT2D eigenvalue weighted by atomic mass is 35.5. The first-order valence-corrected chi connectivity index (χ1v) is 11.2. The zero-order chi connectivity index (χ0) is 16.3. The Bertz CT molecular complexity index is 682. The number of anilines is 1. The molecule has 0 saturated carbocycles.